The third-order valence-corrected chi connectivity index (χ3v) is 4.69. The van der Waals surface area contributed by atoms with Crippen molar-refractivity contribution in [2.24, 2.45) is 5.92 Å². The van der Waals surface area contributed by atoms with Gasteiger partial charge >= 0.3 is 0 Å². The Kier molecular flexibility index (Phi) is 2.76. The van der Waals surface area contributed by atoms with E-state index in [1.807, 2.05) is 29.2 Å². The standard InChI is InChI=1S/C16H19N3O/c20-16(11-5-1-2-6-11)19-9-12(10-19)15-17-13-7-3-4-8-14(13)18-15/h3-4,7-8,11-12H,1-2,5-6,9-10H2,(H,17,18). The van der Waals surface area contributed by atoms with Crippen LogP contribution in [0.15, 0.2) is 24.3 Å². The second-order valence-electron chi connectivity index (χ2n) is 6.06. The lowest BCUT2D eigenvalue weighted by Crippen LogP contribution is -2.50. The zero-order valence-corrected chi connectivity index (χ0v) is 11.5. The highest BCUT2D eigenvalue weighted by Crippen LogP contribution is 2.32. The number of para-hydroxylation sites is 2. The van der Waals surface area contributed by atoms with Crippen molar-refractivity contribution in [3.63, 3.8) is 0 Å². The number of fused-ring (bicyclic) bond motifs is 1. The van der Waals surface area contributed by atoms with Crippen LogP contribution in [0.1, 0.15) is 37.4 Å². The molecule has 1 amide bonds. The van der Waals surface area contributed by atoms with E-state index in [2.05, 4.69) is 9.97 Å². The molecule has 2 fully saturated rings. The summed E-state index contributed by atoms with van der Waals surface area (Å²) in [5.41, 5.74) is 2.10. The van der Waals surface area contributed by atoms with Crippen molar-refractivity contribution in [1.29, 1.82) is 0 Å². The minimum Gasteiger partial charge on any atom is -0.342 e. The summed E-state index contributed by atoms with van der Waals surface area (Å²) in [4.78, 5) is 22.3. The van der Waals surface area contributed by atoms with Gasteiger partial charge in [0.25, 0.3) is 0 Å². The number of carbonyl (C=O) groups excluding carboxylic acids is 1. The molecule has 0 bridgehead atoms. The number of nitrogens with zero attached hydrogens (tertiary/aromatic N) is 2. The van der Waals surface area contributed by atoms with Gasteiger partial charge in [0.05, 0.1) is 17.0 Å². The first kappa shape index (κ1) is 11.9. The Labute approximate surface area is 118 Å². The first-order valence-corrected chi connectivity index (χ1v) is 7.55. The number of amides is 1. The highest BCUT2D eigenvalue weighted by atomic mass is 16.2. The molecule has 1 N–H and O–H groups in total. The molecule has 1 saturated carbocycles. The third-order valence-electron chi connectivity index (χ3n) is 4.69. The summed E-state index contributed by atoms with van der Waals surface area (Å²) in [6.45, 7) is 1.66. The SMILES string of the molecule is O=C(C1CCCC1)N1CC(c2nc3ccccc3[nH]2)C1. The molecule has 1 aliphatic heterocycles. The number of nitrogens with one attached hydrogen (secondary N) is 1. The summed E-state index contributed by atoms with van der Waals surface area (Å²) in [6, 6.07) is 8.09. The van der Waals surface area contributed by atoms with Gasteiger partial charge in [0.15, 0.2) is 0 Å². The van der Waals surface area contributed by atoms with Gasteiger partial charge in [-0.15, -0.1) is 0 Å². The monoisotopic (exact) mass is 269 g/mol. The van der Waals surface area contributed by atoms with Gasteiger partial charge in [-0.05, 0) is 25.0 Å². The van der Waals surface area contributed by atoms with E-state index in [0.29, 0.717) is 17.7 Å². The van der Waals surface area contributed by atoms with Crippen molar-refractivity contribution < 1.29 is 4.79 Å². The number of H-pyrrole nitrogens is 1. The summed E-state index contributed by atoms with van der Waals surface area (Å²) in [7, 11) is 0. The van der Waals surface area contributed by atoms with Crippen molar-refractivity contribution in [2.75, 3.05) is 13.1 Å². The molecule has 4 rings (SSSR count). The minimum atomic E-state index is 0.298. The first-order chi connectivity index (χ1) is 9.81. The Bertz CT molecular complexity index is 603. The molecule has 0 radical (unpaired) electrons. The van der Waals surface area contributed by atoms with E-state index in [4.69, 9.17) is 0 Å². The Morgan fingerprint density at radius 1 is 1.20 bits per heavy atom. The predicted molar refractivity (Wildman–Crippen MR) is 77.4 cm³/mol. The fourth-order valence-electron chi connectivity index (χ4n) is 3.43. The quantitative estimate of drug-likeness (QED) is 0.911. The number of hydrogen-bond donors (Lipinski definition) is 1. The summed E-state index contributed by atoms with van der Waals surface area (Å²) in [5.74, 6) is 2.08. The number of likely N-dealkylation sites (tertiary alicyclic amines) is 1. The molecule has 0 atom stereocenters. The molecule has 1 aromatic heterocycles. The Morgan fingerprint density at radius 3 is 2.70 bits per heavy atom. The van der Waals surface area contributed by atoms with E-state index in [1.165, 1.54) is 12.8 Å². The topological polar surface area (TPSA) is 49.0 Å². The highest BCUT2D eigenvalue weighted by Gasteiger charge is 2.37. The van der Waals surface area contributed by atoms with Crippen molar-refractivity contribution in [2.45, 2.75) is 31.6 Å². The summed E-state index contributed by atoms with van der Waals surface area (Å²) < 4.78 is 0. The lowest BCUT2D eigenvalue weighted by Gasteiger charge is -2.39. The molecule has 2 aromatic rings. The van der Waals surface area contributed by atoms with E-state index in [-0.39, 0.29) is 0 Å². The van der Waals surface area contributed by atoms with Crippen LogP contribution >= 0.6 is 0 Å². The molecule has 4 nitrogen and oxygen atoms in total. The molecule has 2 aliphatic rings. The molecule has 20 heavy (non-hydrogen) atoms. The van der Waals surface area contributed by atoms with Crippen LogP contribution in [0.3, 0.4) is 0 Å². The summed E-state index contributed by atoms with van der Waals surface area (Å²) in [5, 5.41) is 0. The van der Waals surface area contributed by atoms with Gasteiger partial charge in [-0.3, -0.25) is 4.79 Å². The minimum absolute atomic E-state index is 0.298. The van der Waals surface area contributed by atoms with Crippen molar-refractivity contribution in [3.05, 3.63) is 30.1 Å². The van der Waals surface area contributed by atoms with Gasteiger partial charge in [0.1, 0.15) is 5.82 Å². The number of rotatable bonds is 2. The number of hydrogen-bond acceptors (Lipinski definition) is 2. The van der Waals surface area contributed by atoms with Crippen molar-refractivity contribution >= 4 is 16.9 Å². The molecule has 2 heterocycles. The average molecular weight is 269 g/mol. The van der Waals surface area contributed by atoms with E-state index < -0.39 is 0 Å². The summed E-state index contributed by atoms with van der Waals surface area (Å²) >= 11 is 0. The second-order valence-corrected chi connectivity index (χ2v) is 6.06. The number of carbonyl (C=O) groups is 1. The molecule has 104 valence electrons. The Balaban J connectivity index is 1.44. The van der Waals surface area contributed by atoms with Crippen LogP contribution in [0.4, 0.5) is 0 Å². The van der Waals surface area contributed by atoms with Crippen LogP contribution in [-0.2, 0) is 4.79 Å². The molecule has 0 unspecified atom stereocenters. The third kappa shape index (κ3) is 1.90. The number of aromatic nitrogens is 2. The van der Waals surface area contributed by atoms with E-state index in [0.717, 1.165) is 42.8 Å². The maximum absolute atomic E-state index is 12.3. The second kappa shape index (κ2) is 4.62. The number of aromatic amines is 1. The molecule has 1 aliphatic carbocycles. The molecule has 0 spiro atoms. The van der Waals surface area contributed by atoms with Gasteiger partial charge in [-0.2, -0.15) is 0 Å². The first-order valence-electron chi connectivity index (χ1n) is 7.55. The fourth-order valence-corrected chi connectivity index (χ4v) is 3.43. The zero-order valence-electron chi connectivity index (χ0n) is 11.5. The Morgan fingerprint density at radius 2 is 1.95 bits per heavy atom. The molecule has 1 saturated heterocycles. The molecule has 4 heteroatoms. The van der Waals surface area contributed by atoms with Gasteiger partial charge in [0, 0.05) is 19.0 Å². The van der Waals surface area contributed by atoms with E-state index in [1.54, 1.807) is 0 Å². The van der Waals surface area contributed by atoms with Gasteiger partial charge in [-0.25, -0.2) is 4.98 Å². The van der Waals surface area contributed by atoms with Crippen LogP contribution in [-0.4, -0.2) is 33.9 Å². The van der Waals surface area contributed by atoms with Crippen molar-refractivity contribution in [3.8, 4) is 0 Å². The smallest absolute Gasteiger partial charge is 0.225 e. The van der Waals surface area contributed by atoms with Gasteiger partial charge < -0.3 is 9.88 Å². The van der Waals surface area contributed by atoms with Gasteiger partial charge in [-0.1, -0.05) is 25.0 Å². The maximum Gasteiger partial charge on any atom is 0.225 e. The zero-order chi connectivity index (χ0) is 13.5. The van der Waals surface area contributed by atoms with Crippen LogP contribution < -0.4 is 0 Å². The highest BCUT2D eigenvalue weighted by molar-refractivity contribution is 5.80. The molecule has 1 aromatic carbocycles. The summed E-state index contributed by atoms with van der Waals surface area (Å²) in [6.07, 6.45) is 4.61. The van der Waals surface area contributed by atoms with Crippen LogP contribution in [0.2, 0.25) is 0 Å². The normalized spacial score (nSPS) is 20.5. The van der Waals surface area contributed by atoms with E-state index in [9.17, 15) is 4.79 Å². The number of imidazole rings is 1. The van der Waals surface area contributed by atoms with Crippen molar-refractivity contribution in [1.82, 2.24) is 14.9 Å². The van der Waals surface area contributed by atoms with Gasteiger partial charge in [0.2, 0.25) is 5.91 Å². The maximum atomic E-state index is 12.3. The van der Waals surface area contributed by atoms with E-state index >= 15 is 0 Å². The van der Waals surface area contributed by atoms with Crippen LogP contribution in [0.5, 0.6) is 0 Å². The number of benzene rings is 1. The fraction of sp³-hybridized carbons (Fsp3) is 0.500. The molecular formula is C16H19N3O. The van der Waals surface area contributed by atoms with Crippen LogP contribution in [0, 0.1) is 5.92 Å². The lowest BCUT2D eigenvalue weighted by atomic mass is 9.96. The van der Waals surface area contributed by atoms with Crippen LogP contribution in [0.25, 0.3) is 11.0 Å². The predicted octanol–water partition coefficient (Wildman–Crippen LogP) is 2.68. The largest absolute Gasteiger partial charge is 0.342 e. The Hall–Kier alpha value is -1.84. The lowest BCUT2D eigenvalue weighted by molar-refractivity contribution is -0.140. The molecular weight excluding hydrogens is 250 g/mol. The average Bonchev–Trinajstić information content (AvgIpc) is 3.06.